The summed E-state index contributed by atoms with van der Waals surface area (Å²) in [7, 11) is 0. The Morgan fingerprint density at radius 3 is 1.66 bits per heavy atom. The number of anilines is 2. The van der Waals surface area contributed by atoms with Crippen LogP contribution in [0.3, 0.4) is 0 Å². The maximum Gasteiger partial charge on any atom is 0.0801 e. The fraction of sp³-hybridized carbons (Fsp3) is 0.467. The second kappa shape index (κ2) is 12.2. The Morgan fingerprint density at radius 2 is 1.08 bits per heavy atom. The van der Waals surface area contributed by atoms with Gasteiger partial charge in [-0.05, 0) is 31.5 Å². The zero-order valence-electron chi connectivity index (χ0n) is 22.1. The minimum atomic E-state index is 0.832. The second-order valence-electron chi connectivity index (χ2n) is 10.2. The summed E-state index contributed by atoms with van der Waals surface area (Å²) in [6.45, 7) is 11.6. The zero-order valence-corrected chi connectivity index (χ0v) is 22.1. The van der Waals surface area contributed by atoms with Gasteiger partial charge in [0.15, 0.2) is 0 Å². The van der Waals surface area contributed by atoms with Crippen LogP contribution in [0.15, 0.2) is 48.8 Å². The van der Waals surface area contributed by atoms with Crippen LogP contribution in [-0.2, 0) is 9.47 Å². The van der Waals surface area contributed by atoms with Crippen LogP contribution in [0.25, 0.3) is 32.6 Å². The Bertz CT molecular complexity index is 1370. The van der Waals surface area contributed by atoms with Crippen molar-refractivity contribution in [2.75, 3.05) is 89.4 Å². The van der Waals surface area contributed by atoms with Gasteiger partial charge in [-0.3, -0.25) is 19.8 Å². The van der Waals surface area contributed by atoms with Crippen molar-refractivity contribution in [2.45, 2.75) is 12.8 Å². The first kappa shape index (κ1) is 25.2. The van der Waals surface area contributed by atoms with E-state index in [2.05, 4.69) is 56.8 Å². The molecule has 0 amide bonds. The molecule has 2 fully saturated rings. The normalized spacial score (nSPS) is 17.4. The number of fused-ring (bicyclic) bond motifs is 5. The fourth-order valence-corrected chi connectivity index (χ4v) is 5.63. The predicted molar refractivity (Wildman–Crippen MR) is 155 cm³/mol. The van der Waals surface area contributed by atoms with Crippen LogP contribution in [0.5, 0.6) is 0 Å². The highest BCUT2D eigenvalue weighted by atomic mass is 16.5. The van der Waals surface area contributed by atoms with Crippen molar-refractivity contribution >= 4 is 44.0 Å². The van der Waals surface area contributed by atoms with Crippen molar-refractivity contribution in [3.8, 4) is 0 Å². The number of hydrogen-bond donors (Lipinski definition) is 2. The molecule has 0 bridgehead atoms. The number of pyridine rings is 2. The monoisotopic (exact) mass is 514 g/mol. The van der Waals surface area contributed by atoms with Crippen molar-refractivity contribution in [1.82, 2.24) is 19.8 Å². The minimum absolute atomic E-state index is 0.832. The molecule has 2 aliphatic rings. The molecule has 8 nitrogen and oxygen atoms in total. The van der Waals surface area contributed by atoms with E-state index in [1.807, 2.05) is 12.4 Å². The number of ether oxygens (including phenoxy) is 2. The number of rotatable bonds is 10. The Morgan fingerprint density at radius 1 is 0.579 bits per heavy atom. The number of nitrogens with zero attached hydrogens (tertiary/aromatic N) is 4. The molecule has 8 heteroatoms. The molecule has 0 atom stereocenters. The van der Waals surface area contributed by atoms with Crippen LogP contribution in [-0.4, -0.2) is 98.6 Å². The third-order valence-corrected chi connectivity index (χ3v) is 7.78. The number of nitrogens with one attached hydrogen (secondary N) is 2. The molecule has 6 rings (SSSR count). The summed E-state index contributed by atoms with van der Waals surface area (Å²) in [5.41, 5.74) is 4.32. The predicted octanol–water partition coefficient (Wildman–Crippen LogP) is 4.20. The first-order valence-corrected chi connectivity index (χ1v) is 14.0. The van der Waals surface area contributed by atoms with E-state index >= 15 is 0 Å². The molecule has 38 heavy (non-hydrogen) atoms. The molecular weight excluding hydrogens is 476 g/mol. The molecule has 2 saturated heterocycles. The highest BCUT2D eigenvalue weighted by Gasteiger charge is 2.13. The number of hydrogen-bond acceptors (Lipinski definition) is 8. The smallest absolute Gasteiger partial charge is 0.0801 e. The van der Waals surface area contributed by atoms with Gasteiger partial charge in [-0.25, -0.2) is 0 Å². The molecule has 2 N–H and O–H groups in total. The average Bonchev–Trinajstić information content (AvgIpc) is 2.98. The van der Waals surface area contributed by atoms with Crippen LogP contribution in [0.2, 0.25) is 0 Å². The van der Waals surface area contributed by atoms with E-state index in [0.717, 1.165) is 129 Å². The van der Waals surface area contributed by atoms with Crippen LogP contribution < -0.4 is 10.6 Å². The van der Waals surface area contributed by atoms with Gasteiger partial charge < -0.3 is 20.1 Å². The maximum absolute atomic E-state index is 5.47. The van der Waals surface area contributed by atoms with Gasteiger partial charge >= 0.3 is 0 Å². The van der Waals surface area contributed by atoms with Gasteiger partial charge in [0, 0.05) is 91.1 Å². The van der Waals surface area contributed by atoms with Crippen molar-refractivity contribution in [3.05, 3.63) is 48.8 Å². The van der Waals surface area contributed by atoms with E-state index in [1.54, 1.807) is 0 Å². The maximum atomic E-state index is 5.47. The molecule has 0 aliphatic carbocycles. The SMILES string of the molecule is c1cc(NCCCCN2CCOCC2)c2ccc3c(ccc4c(NCCN5CCOCC5)ccnc43)c2n1. The molecule has 2 aromatic heterocycles. The molecule has 0 radical (unpaired) electrons. The molecule has 4 heterocycles. The molecule has 0 spiro atoms. The lowest BCUT2D eigenvalue weighted by Crippen LogP contribution is -2.39. The highest BCUT2D eigenvalue weighted by molar-refractivity contribution is 6.18. The van der Waals surface area contributed by atoms with Crippen molar-refractivity contribution in [1.29, 1.82) is 0 Å². The van der Waals surface area contributed by atoms with E-state index in [4.69, 9.17) is 19.4 Å². The van der Waals surface area contributed by atoms with Crippen LogP contribution in [0.4, 0.5) is 11.4 Å². The molecule has 0 unspecified atom stereocenters. The lowest BCUT2D eigenvalue weighted by atomic mass is 10.0. The van der Waals surface area contributed by atoms with Gasteiger partial charge in [-0.15, -0.1) is 0 Å². The first-order chi connectivity index (χ1) is 18.9. The Hall–Kier alpha value is -3.04. The molecule has 0 saturated carbocycles. The standard InChI is InChI=1S/C30H38N6O2/c1(2-13-35-15-19-37-20-16-35)9-31-27-7-10-33-29-23-4-6-26-28(32-12-14-36-17-21-38-22-18-36)8-11-34-30(26)24(23)3-5-25(27)29/h3-8,10-11H,1-2,9,12-22H2,(H,31,33)(H,32,34). The van der Waals surface area contributed by atoms with Gasteiger partial charge in [0.2, 0.25) is 0 Å². The number of benzene rings is 2. The Labute approximate surface area is 224 Å². The van der Waals surface area contributed by atoms with Crippen LogP contribution in [0, 0.1) is 0 Å². The quantitative estimate of drug-likeness (QED) is 0.241. The van der Waals surface area contributed by atoms with E-state index in [1.165, 1.54) is 6.42 Å². The van der Waals surface area contributed by atoms with Gasteiger partial charge in [0.05, 0.1) is 37.5 Å². The minimum Gasteiger partial charge on any atom is -0.384 e. The largest absolute Gasteiger partial charge is 0.384 e. The zero-order chi connectivity index (χ0) is 25.6. The molecule has 2 aromatic carbocycles. The van der Waals surface area contributed by atoms with Crippen LogP contribution in [0.1, 0.15) is 12.8 Å². The fourth-order valence-electron chi connectivity index (χ4n) is 5.63. The van der Waals surface area contributed by atoms with E-state index < -0.39 is 0 Å². The third-order valence-electron chi connectivity index (χ3n) is 7.78. The van der Waals surface area contributed by atoms with Crippen LogP contribution >= 0.6 is 0 Å². The highest BCUT2D eigenvalue weighted by Crippen LogP contribution is 2.34. The summed E-state index contributed by atoms with van der Waals surface area (Å²) in [5, 5.41) is 11.9. The van der Waals surface area contributed by atoms with Gasteiger partial charge in [0.25, 0.3) is 0 Å². The summed E-state index contributed by atoms with van der Waals surface area (Å²) >= 11 is 0. The molecule has 200 valence electrons. The van der Waals surface area contributed by atoms with Gasteiger partial charge in [-0.2, -0.15) is 0 Å². The van der Waals surface area contributed by atoms with E-state index in [-0.39, 0.29) is 0 Å². The Balaban J connectivity index is 1.16. The first-order valence-electron chi connectivity index (χ1n) is 14.0. The lowest BCUT2D eigenvalue weighted by Gasteiger charge is -2.26. The Kier molecular flexibility index (Phi) is 8.12. The van der Waals surface area contributed by atoms with Crippen molar-refractivity contribution in [2.24, 2.45) is 0 Å². The third kappa shape index (κ3) is 5.68. The summed E-state index contributed by atoms with van der Waals surface area (Å²) in [6.07, 6.45) is 6.16. The molecule has 4 aromatic rings. The summed E-state index contributed by atoms with van der Waals surface area (Å²) in [6, 6.07) is 13.0. The number of unbranched alkanes of at least 4 members (excludes halogenated alkanes) is 1. The number of aromatic nitrogens is 2. The van der Waals surface area contributed by atoms with Gasteiger partial charge in [-0.1, -0.05) is 24.3 Å². The van der Waals surface area contributed by atoms with E-state index in [0.29, 0.717) is 0 Å². The average molecular weight is 515 g/mol. The molecule has 2 aliphatic heterocycles. The van der Waals surface area contributed by atoms with Crippen molar-refractivity contribution < 1.29 is 9.47 Å². The molecular formula is C30H38N6O2. The second-order valence-corrected chi connectivity index (χ2v) is 10.2. The summed E-state index contributed by atoms with van der Waals surface area (Å²) in [5.74, 6) is 0. The summed E-state index contributed by atoms with van der Waals surface area (Å²) in [4.78, 5) is 14.5. The van der Waals surface area contributed by atoms with Crippen molar-refractivity contribution in [3.63, 3.8) is 0 Å². The summed E-state index contributed by atoms with van der Waals surface area (Å²) < 4.78 is 10.9. The lowest BCUT2D eigenvalue weighted by molar-refractivity contribution is 0.0373. The van der Waals surface area contributed by atoms with Gasteiger partial charge in [0.1, 0.15) is 0 Å². The van der Waals surface area contributed by atoms with E-state index in [9.17, 15) is 0 Å². The topological polar surface area (TPSA) is 74.8 Å². The number of morpholine rings is 2.